The Kier molecular flexibility index (Phi) is 4.58. The summed E-state index contributed by atoms with van der Waals surface area (Å²) in [6.45, 7) is 2.00. The van der Waals surface area contributed by atoms with Gasteiger partial charge in [0.2, 0.25) is 16.7 Å². The fourth-order valence-corrected chi connectivity index (χ4v) is 5.03. The summed E-state index contributed by atoms with van der Waals surface area (Å²) in [6.07, 6.45) is 5.16. The highest BCUT2D eigenvalue weighted by atomic mass is 35.5. The molecular weight excluding hydrogens is 396 g/mol. The van der Waals surface area contributed by atoms with E-state index in [2.05, 4.69) is 15.0 Å². The lowest BCUT2D eigenvalue weighted by Gasteiger charge is -2.34. The Morgan fingerprint density at radius 2 is 1.89 bits per heavy atom. The van der Waals surface area contributed by atoms with Crippen LogP contribution in [0.1, 0.15) is 35.7 Å². The van der Waals surface area contributed by atoms with Gasteiger partial charge in [0, 0.05) is 5.02 Å². The first-order valence-electron chi connectivity index (χ1n) is 9.32. The van der Waals surface area contributed by atoms with Crippen molar-refractivity contribution in [2.24, 2.45) is 0 Å². The number of piperidine rings is 1. The van der Waals surface area contributed by atoms with Crippen LogP contribution in [-0.4, -0.2) is 37.7 Å². The Hall–Kier alpha value is -2.35. The molecule has 1 N–H and O–H groups in total. The predicted octanol–water partition coefficient (Wildman–Crippen LogP) is 4.99. The first kappa shape index (κ1) is 17.7. The maximum atomic E-state index is 11.0. The monoisotopic (exact) mass is 414 g/mol. The van der Waals surface area contributed by atoms with E-state index in [1.165, 1.54) is 22.3 Å². The maximum absolute atomic E-state index is 11.0. The third-order valence-electron chi connectivity index (χ3n) is 5.13. The van der Waals surface area contributed by atoms with Crippen LogP contribution < -0.4 is 0 Å². The average Bonchev–Trinajstić information content (AvgIpc) is 3.43. The van der Waals surface area contributed by atoms with Crippen molar-refractivity contribution in [3.63, 3.8) is 0 Å². The number of fused-ring (bicyclic) bond motifs is 1. The zero-order valence-electron chi connectivity index (χ0n) is 15.1. The number of rotatable bonds is 4. The van der Waals surface area contributed by atoms with E-state index in [9.17, 15) is 5.11 Å². The van der Waals surface area contributed by atoms with Gasteiger partial charge in [-0.2, -0.15) is 9.50 Å². The zero-order valence-corrected chi connectivity index (χ0v) is 16.7. The Morgan fingerprint density at radius 3 is 2.57 bits per heavy atom. The molecular formula is C20H19ClN4O2S. The number of aromatic hydroxyl groups is 1. The minimum Gasteiger partial charge on any atom is -0.492 e. The second-order valence-corrected chi connectivity index (χ2v) is 8.39. The third kappa shape index (κ3) is 3.09. The molecule has 8 heteroatoms. The van der Waals surface area contributed by atoms with Crippen molar-refractivity contribution in [3.05, 3.63) is 58.1 Å². The highest BCUT2D eigenvalue weighted by Gasteiger charge is 2.30. The summed E-state index contributed by atoms with van der Waals surface area (Å²) in [5.41, 5.74) is 1.11. The van der Waals surface area contributed by atoms with Crippen LogP contribution in [0, 0.1) is 0 Å². The predicted molar refractivity (Wildman–Crippen MR) is 109 cm³/mol. The van der Waals surface area contributed by atoms with Crippen LogP contribution in [-0.2, 0) is 0 Å². The number of aromatic nitrogens is 3. The molecule has 0 unspecified atom stereocenters. The molecule has 0 spiro atoms. The summed E-state index contributed by atoms with van der Waals surface area (Å²) in [7, 11) is 0. The van der Waals surface area contributed by atoms with Gasteiger partial charge < -0.3 is 9.52 Å². The van der Waals surface area contributed by atoms with Crippen LogP contribution in [0.2, 0.25) is 5.02 Å². The molecule has 1 aliphatic rings. The molecule has 4 heterocycles. The van der Waals surface area contributed by atoms with Crippen LogP contribution in [0.25, 0.3) is 16.5 Å². The first-order valence-corrected chi connectivity index (χ1v) is 10.5. The SMILES string of the molecule is Oc1c([C@@H](c2ccc(Cl)cc2)N2CCCCC2)sc2nc(-c3ccco3)nn12. The zero-order chi connectivity index (χ0) is 19.1. The van der Waals surface area contributed by atoms with Crippen LogP contribution in [0.4, 0.5) is 0 Å². The van der Waals surface area contributed by atoms with E-state index < -0.39 is 0 Å². The number of hydrogen-bond acceptors (Lipinski definition) is 6. The Balaban J connectivity index is 1.59. The van der Waals surface area contributed by atoms with Gasteiger partial charge in [-0.3, -0.25) is 4.90 Å². The van der Waals surface area contributed by atoms with Gasteiger partial charge in [-0.05, 0) is 55.8 Å². The fourth-order valence-electron chi connectivity index (χ4n) is 3.79. The molecule has 6 nitrogen and oxygen atoms in total. The molecule has 0 saturated carbocycles. The van der Waals surface area contributed by atoms with E-state index in [-0.39, 0.29) is 11.9 Å². The summed E-state index contributed by atoms with van der Waals surface area (Å²) in [5, 5.41) is 16.2. The van der Waals surface area contributed by atoms with E-state index in [0.29, 0.717) is 21.6 Å². The second kappa shape index (κ2) is 7.24. The third-order valence-corrected chi connectivity index (χ3v) is 6.46. The highest BCUT2D eigenvalue weighted by molar-refractivity contribution is 7.17. The van der Waals surface area contributed by atoms with Gasteiger partial charge in [0.05, 0.1) is 17.2 Å². The normalized spacial score (nSPS) is 16.6. The number of hydrogen-bond donors (Lipinski definition) is 1. The minimum absolute atomic E-state index is 0.0434. The molecule has 1 fully saturated rings. The van der Waals surface area contributed by atoms with E-state index in [4.69, 9.17) is 16.0 Å². The molecule has 0 aliphatic carbocycles. The Labute approximate surface area is 171 Å². The molecule has 28 heavy (non-hydrogen) atoms. The fraction of sp³-hybridized carbons (Fsp3) is 0.300. The number of nitrogens with zero attached hydrogens (tertiary/aromatic N) is 4. The van der Waals surface area contributed by atoms with Crippen molar-refractivity contribution >= 4 is 27.9 Å². The van der Waals surface area contributed by atoms with Crippen molar-refractivity contribution in [1.82, 2.24) is 19.5 Å². The largest absolute Gasteiger partial charge is 0.492 e. The second-order valence-electron chi connectivity index (χ2n) is 6.95. The van der Waals surface area contributed by atoms with E-state index in [1.54, 1.807) is 12.3 Å². The average molecular weight is 415 g/mol. The van der Waals surface area contributed by atoms with Crippen LogP contribution in [0.3, 0.4) is 0 Å². The molecule has 0 bridgehead atoms. The first-order chi connectivity index (χ1) is 13.7. The Morgan fingerprint density at radius 1 is 1.11 bits per heavy atom. The summed E-state index contributed by atoms with van der Waals surface area (Å²) < 4.78 is 6.88. The van der Waals surface area contributed by atoms with Gasteiger partial charge in [0.1, 0.15) is 0 Å². The molecule has 1 saturated heterocycles. The molecule has 1 atom stereocenters. The van der Waals surface area contributed by atoms with Crippen molar-refractivity contribution in [2.75, 3.05) is 13.1 Å². The van der Waals surface area contributed by atoms with Gasteiger partial charge in [0.25, 0.3) is 0 Å². The summed E-state index contributed by atoms with van der Waals surface area (Å²) in [4.78, 5) is 8.47. The van der Waals surface area contributed by atoms with Gasteiger partial charge in [0.15, 0.2) is 5.76 Å². The topological polar surface area (TPSA) is 66.8 Å². The molecule has 4 aromatic rings. The number of furan rings is 1. The summed E-state index contributed by atoms with van der Waals surface area (Å²) >= 11 is 7.56. The van der Waals surface area contributed by atoms with Crippen molar-refractivity contribution in [3.8, 4) is 17.5 Å². The summed E-state index contributed by atoms with van der Waals surface area (Å²) in [5.74, 6) is 1.19. The van der Waals surface area contributed by atoms with Gasteiger partial charge >= 0.3 is 0 Å². The van der Waals surface area contributed by atoms with Crippen LogP contribution >= 0.6 is 22.9 Å². The number of thiazole rings is 1. The lowest BCUT2D eigenvalue weighted by Crippen LogP contribution is -2.34. The van der Waals surface area contributed by atoms with Gasteiger partial charge in [-0.15, -0.1) is 5.10 Å². The standard InChI is InChI=1S/C20H19ClN4O2S/c21-14-8-6-13(7-9-14)16(24-10-2-1-3-11-24)17-19(26)25-20(28-17)22-18(23-25)15-5-4-12-27-15/h4-9,12,16,26H,1-3,10-11H2/t16-/m1/s1. The van der Waals surface area contributed by atoms with E-state index in [1.807, 2.05) is 30.3 Å². The number of benzene rings is 1. The maximum Gasteiger partial charge on any atom is 0.230 e. The molecule has 144 valence electrons. The van der Waals surface area contributed by atoms with Crippen molar-refractivity contribution in [1.29, 1.82) is 0 Å². The molecule has 0 radical (unpaired) electrons. The molecule has 1 aromatic carbocycles. The quantitative estimate of drug-likeness (QED) is 0.509. The van der Waals surface area contributed by atoms with Crippen molar-refractivity contribution < 1.29 is 9.52 Å². The molecule has 3 aromatic heterocycles. The molecule has 0 amide bonds. The number of likely N-dealkylation sites (tertiary alicyclic amines) is 1. The lowest BCUT2D eigenvalue weighted by molar-refractivity contribution is 0.186. The van der Waals surface area contributed by atoms with Crippen LogP contribution in [0.15, 0.2) is 47.1 Å². The van der Waals surface area contributed by atoms with Gasteiger partial charge in [-0.1, -0.05) is 41.5 Å². The molecule has 1 aliphatic heterocycles. The Bertz CT molecular complexity index is 1080. The molecule has 5 rings (SSSR count). The van der Waals surface area contributed by atoms with E-state index >= 15 is 0 Å². The number of halogens is 1. The van der Waals surface area contributed by atoms with Gasteiger partial charge in [-0.25, -0.2) is 0 Å². The van der Waals surface area contributed by atoms with Crippen molar-refractivity contribution in [2.45, 2.75) is 25.3 Å². The minimum atomic E-state index is -0.0434. The van der Waals surface area contributed by atoms with E-state index in [0.717, 1.165) is 36.4 Å². The smallest absolute Gasteiger partial charge is 0.230 e. The highest BCUT2D eigenvalue weighted by Crippen LogP contribution is 2.41. The summed E-state index contributed by atoms with van der Waals surface area (Å²) in [6, 6.07) is 11.4. The van der Waals surface area contributed by atoms with Crippen LogP contribution in [0.5, 0.6) is 5.88 Å². The lowest BCUT2D eigenvalue weighted by atomic mass is 10.0.